The molecule has 0 bridgehead atoms. The average molecular weight is 517 g/mol. The van der Waals surface area contributed by atoms with Crippen molar-refractivity contribution in [2.75, 3.05) is 37.6 Å². The third-order valence-corrected chi connectivity index (χ3v) is 6.78. The van der Waals surface area contributed by atoms with Gasteiger partial charge in [0, 0.05) is 55.1 Å². The third kappa shape index (κ3) is 9.03. The largest absolute Gasteiger partial charge is 0.443 e. The van der Waals surface area contributed by atoms with Crippen molar-refractivity contribution in [3.8, 4) is 0 Å². The molecule has 0 saturated carbocycles. The molecule has 10 nitrogen and oxygen atoms in total. The maximum absolute atomic E-state index is 11.8. The summed E-state index contributed by atoms with van der Waals surface area (Å²) in [4.78, 5) is 46.1. The molecule has 0 aromatic carbocycles. The van der Waals surface area contributed by atoms with E-state index in [0.29, 0.717) is 13.0 Å². The van der Waals surface area contributed by atoms with Crippen LogP contribution in [0.4, 0.5) is 15.3 Å². The number of carbonyl (C=O) groups is 3. The Hall–Kier alpha value is -3.34. The van der Waals surface area contributed by atoms with Crippen LogP contribution in [0.1, 0.15) is 43.1 Å². The number of nitrogens with one attached hydrogen (secondary N) is 3. The highest BCUT2D eigenvalue weighted by molar-refractivity contribution is 7.12. The van der Waals surface area contributed by atoms with Crippen molar-refractivity contribution < 1.29 is 19.1 Å². The topological polar surface area (TPSA) is 116 Å². The summed E-state index contributed by atoms with van der Waals surface area (Å²) in [6.07, 6.45) is 3.68. The van der Waals surface area contributed by atoms with E-state index in [1.165, 1.54) is 9.75 Å². The second-order valence-electron chi connectivity index (χ2n) is 9.63. The van der Waals surface area contributed by atoms with Gasteiger partial charge in [-0.05, 0) is 64.3 Å². The van der Waals surface area contributed by atoms with E-state index in [0.717, 1.165) is 50.4 Å². The molecule has 36 heavy (non-hydrogen) atoms. The maximum Gasteiger partial charge on any atom is 0.426 e. The summed E-state index contributed by atoms with van der Waals surface area (Å²) >= 11 is 1.73. The van der Waals surface area contributed by atoms with Crippen molar-refractivity contribution in [2.24, 2.45) is 0 Å². The first-order valence-corrected chi connectivity index (χ1v) is 13.0. The minimum absolute atomic E-state index is 0.134. The van der Waals surface area contributed by atoms with E-state index in [4.69, 9.17) is 4.74 Å². The molecule has 11 heteroatoms. The van der Waals surface area contributed by atoms with E-state index in [9.17, 15) is 14.4 Å². The van der Waals surface area contributed by atoms with Crippen LogP contribution in [-0.4, -0.2) is 66.2 Å². The van der Waals surface area contributed by atoms with Crippen LogP contribution in [0.2, 0.25) is 0 Å². The lowest BCUT2D eigenvalue weighted by Gasteiger charge is -2.35. The average Bonchev–Trinajstić information content (AvgIpc) is 3.28. The van der Waals surface area contributed by atoms with Gasteiger partial charge in [0.2, 0.25) is 5.91 Å². The molecular formula is C25H36N6O4S. The van der Waals surface area contributed by atoms with Crippen molar-refractivity contribution in [1.82, 2.24) is 26.1 Å². The number of thiophene rings is 1. The number of aromatic nitrogens is 1. The molecule has 1 aliphatic rings. The Bertz CT molecular complexity index is 1030. The number of hydrogen-bond donors (Lipinski definition) is 3. The number of pyridine rings is 1. The quantitative estimate of drug-likeness (QED) is 0.488. The van der Waals surface area contributed by atoms with Crippen LogP contribution < -0.4 is 21.1 Å². The van der Waals surface area contributed by atoms with Gasteiger partial charge < -0.3 is 19.9 Å². The molecule has 3 heterocycles. The summed E-state index contributed by atoms with van der Waals surface area (Å²) in [6.45, 7) is 10.5. The first-order valence-electron chi connectivity index (χ1n) is 12.1. The highest BCUT2D eigenvalue weighted by Crippen LogP contribution is 2.20. The van der Waals surface area contributed by atoms with Gasteiger partial charge in [-0.25, -0.2) is 20.4 Å². The number of aryl methyl sites for hydroxylation is 2. The van der Waals surface area contributed by atoms with Crippen LogP contribution >= 0.6 is 11.3 Å². The lowest BCUT2D eigenvalue weighted by molar-refractivity contribution is -0.129. The highest BCUT2D eigenvalue weighted by Gasteiger charge is 2.19. The Kier molecular flexibility index (Phi) is 9.51. The van der Waals surface area contributed by atoms with Gasteiger partial charge in [0.25, 0.3) is 0 Å². The Morgan fingerprint density at radius 3 is 2.28 bits per heavy atom. The fourth-order valence-corrected chi connectivity index (χ4v) is 4.75. The van der Waals surface area contributed by atoms with Gasteiger partial charge in [-0.1, -0.05) is 0 Å². The maximum atomic E-state index is 11.8. The number of hydrogen-bond acceptors (Lipinski definition) is 7. The number of rotatable bonds is 7. The summed E-state index contributed by atoms with van der Waals surface area (Å²) in [5.41, 5.74) is 5.99. The molecule has 3 N–H and O–H groups in total. The van der Waals surface area contributed by atoms with Gasteiger partial charge in [-0.2, -0.15) is 0 Å². The van der Waals surface area contributed by atoms with Gasteiger partial charge in [0.1, 0.15) is 5.60 Å². The van der Waals surface area contributed by atoms with Crippen LogP contribution in [0.15, 0.2) is 30.5 Å². The number of amides is 4. The molecule has 1 aliphatic heterocycles. The lowest BCUT2D eigenvalue weighted by atomic mass is 10.2. The number of anilines is 1. The molecule has 3 rings (SSSR count). The first kappa shape index (κ1) is 27.3. The number of piperazine rings is 1. The third-order valence-electron chi connectivity index (χ3n) is 5.58. The number of hydrazine groups is 1. The first-order chi connectivity index (χ1) is 17.1. The summed E-state index contributed by atoms with van der Waals surface area (Å²) in [5, 5.41) is 2.71. The normalized spacial score (nSPS) is 13.8. The van der Waals surface area contributed by atoms with Crippen molar-refractivity contribution in [2.45, 2.75) is 52.6 Å². The van der Waals surface area contributed by atoms with Crippen molar-refractivity contribution in [3.05, 3.63) is 45.9 Å². The van der Waals surface area contributed by atoms with Gasteiger partial charge in [-0.15, -0.1) is 11.3 Å². The van der Waals surface area contributed by atoms with E-state index in [2.05, 4.69) is 50.3 Å². The molecule has 0 radical (unpaired) electrons. The van der Waals surface area contributed by atoms with Crippen LogP contribution in [-0.2, 0) is 28.8 Å². The monoisotopic (exact) mass is 516 g/mol. The van der Waals surface area contributed by atoms with Gasteiger partial charge in [0.05, 0.1) is 11.9 Å². The highest BCUT2D eigenvalue weighted by atomic mass is 32.1. The van der Waals surface area contributed by atoms with Gasteiger partial charge in [0.15, 0.2) is 0 Å². The summed E-state index contributed by atoms with van der Waals surface area (Å²) in [5.74, 6) is 0.134. The fraction of sp³-hybridized carbons (Fsp3) is 0.520. The van der Waals surface area contributed by atoms with Crippen molar-refractivity contribution in [1.29, 1.82) is 0 Å². The molecule has 4 amide bonds. The van der Waals surface area contributed by atoms with E-state index >= 15 is 0 Å². The molecule has 0 atom stereocenters. The molecular weight excluding hydrogens is 480 g/mol. The second kappa shape index (κ2) is 12.6. The summed E-state index contributed by atoms with van der Waals surface area (Å²) < 4.78 is 5.05. The van der Waals surface area contributed by atoms with E-state index in [-0.39, 0.29) is 5.91 Å². The number of urea groups is 1. The molecule has 196 valence electrons. The standard InChI is InChI=1S/C25H36N6O4S/c1-18(32)30-13-15-31(16-14-30)20-7-5-19(27-17-20)6-8-21-9-10-22(36-21)11-12-26-23(33)28-29-24(34)35-25(2,3)4/h5,7,9-10,17H,6,8,11-16H2,1-4H3,(H,29,34)(H2,26,28,33). The van der Waals surface area contributed by atoms with E-state index < -0.39 is 17.7 Å². The Balaban J connectivity index is 1.34. The second-order valence-corrected chi connectivity index (χ2v) is 10.9. The van der Waals surface area contributed by atoms with Crippen LogP contribution in [0.3, 0.4) is 0 Å². The number of carbonyl (C=O) groups excluding carboxylic acids is 3. The molecule has 2 aromatic heterocycles. The lowest BCUT2D eigenvalue weighted by Crippen LogP contribution is -2.48. The van der Waals surface area contributed by atoms with E-state index in [1.54, 1.807) is 39.0 Å². The predicted octanol–water partition coefficient (Wildman–Crippen LogP) is 2.88. The zero-order valence-corrected chi connectivity index (χ0v) is 22.2. The summed E-state index contributed by atoms with van der Waals surface area (Å²) in [7, 11) is 0. The van der Waals surface area contributed by atoms with E-state index in [1.807, 2.05) is 11.1 Å². The SMILES string of the molecule is CC(=O)N1CCN(c2ccc(CCc3ccc(CCNC(=O)NNC(=O)OC(C)(C)C)s3)nc2)CC1. The number of ether oxygens (including phenoxy) is 1. The zero-order chi connectivity index (χ0) is 26.1. The van der Waals surface area contributed by atoms with Crippen LogP contribution in [0.5, 0.6) is 0 Å². The molecule has 1 saturated heterocycles. The minimum atomic E-state index is -0.711. The Morgan fingerprint density at radius 1 is 0.972 bits per heavy atom. The van der Waals surface area contributed by atoms with Crippen LogP contribution in [0, 0.1) is 0 Å². The summed E-state index contributed by atoms with van der Waals surface area (Å²) in [6, 6.07) is 7.89. The molecule has 0 unspecified atom stereocenters. The zero-order valence-electron chi connectivity index (χ0n) is 21.4. The molecule has 0 spiro atoms. The number of nitrogens with zero attached hydrogens (tertiary/aromatic N) is 3. The molecule has 0 aliphatic carbocycles. The molecule has 2 aromatic rings. The van der Waals surface area contributed by atoms with Crippen LogP contribution in [0.25, 0.3) is 0 Å². The van der Waals surface area contributed by atoms with Gasteiger partial charge >= 0.3 is 12.1 Å². The van der Waals surface area contributed by atoms with Crippen molar-refractivity contribution >= 4 is 35.1 Å². The smallest absolute Gasteiger partial charge is 0.426 e. The Morgan fingerprint density at radius 2 is 1.67 bits per heavy atom. The minimum Gasteiger partial charge on any atom is -0.443 e. The van der Waals surface area contributed by atoms with Gasteiger partial charge in [-0.3, -0.25) is 9.78 Å². The fourth-order valence-electron chi connectivity index (χ4n) is 3.73. The van der Waals surface area contributed by atoms with Crippen molar-refractivity contribution in [3.63, 3.8) is 0 Å². The molecule has 1 fully saturated rings. The Labute approximate surface area is 216 Å². The predicted molar refractivity (Wildman–Crippen MR) is 140 cm³/mol.